The Morgan fingerprint density at radius 2 is 2.16 bits per heavy atom. The van der Waals surface area contributed by atoms with Crippen molar-refractivity contribution in [2.45, 2.75) is 32.3 Å². The van der Waals surface area contributed by atoms with E-state index in [0.29, 0.717) is 18.8 Å². The van der Waals surface area contributed by atoms with E-state index in [4.69, 9.17) is 10.00 Å². The minimum Gasteiger partial charge on any atom is -0.444 e. The van der Waals surface area contributed by atoms with Crippen LogP contribution in [0.4, 0.5) is 4.79 Å². The SMILES string of the molecule is Cn1cc(C2CN(C(=O)OC(C)(C)C)C2)c(C#N)n1. The molecule has 0 atom stereocenters. The molecule has 0 N–H and O–H groups in total. The van der Waals surface area contributed by atoms with Gasteiger partial charge < -0.3 is 9.64 Å². The molecule has 0 spiro atoms. The molecule has 0 radical (unpaired) electrons. The van der Waals surface area contributed by atoms with Gasteiger partial charge in [-0.1, -0.05) is 0 Å². The molecule has 1 fully saturated rings. The van der Waals surface area contributed by atoms with Gasteiger partial charge in [-0.05, 0) is 20.8 Å². The fourth-order valence-electron chi connectivity index (χ4n) is 2.04. The molecule has 2 rings (SSSR count). The number of hydrogen-bond acceptors (Lipinski definition) is 4. The molecule has 0 aliphatic carbocycles. The number of nitrogens with zero attached hydrogens (tertiary/aromatic N) is 4. The first-order chi connectivity index (χ1) is 8.80. The highest BCUT2D eigenvalue weighted by Crippen LogP contribution is 2.29. The van der Waals surface area contributed by atoms with Crippen molar-refractivity contribution in [1.82, 2.24) is 14.7 Å². The predicted molar refractivity (Wildman–Crippen MR) is 68.5 cm³/mol. The Bertz CT molecular complexity index is 530. The maximum absolute atomic E-state index is 11.8. The molecule has 0 unspecified atom stereocenters. The number of aryl methyl sites for hydroxylation is 1. The fourth-order valence-corrected chi connectivity index (χ4v) is 2.04. The molecule has 6 nitrogen and oxygen atoms in total. The van der Waals surface area contributed by atoms with Gasteiger partial charge >= 0.3 is 6.09 Å². The van der Waals surface area contributed by atoms with Crippen LogP contribution in [0.3, 0.4) is 0 Å². The lowest BCUT2D eigenvalue weighted by atomic mass is 9.92. The molecule has 102 valence electrons. The number of carbonyl (C=O) groups excluding carboxylic acids is 1. The smallest absolute Gasteiger partial charge is 0.410 e. The average Bonchev–Trinajstić information content (AvgIpc) is 2.54. The largest absolute Gasteiger partial charge is 0.444 e. The van der Waals surface area contributed by atoms with Gasteiger partial charge in [-0.15, -0.1) is 0 Å². The Labute approximate surface area is 112 Å². The summed E-state index contributed by atoms with van der Waals surface area (Å²) in [6.07, 6.45) is 1.54. The van der Waals surface area contributed by atoms with E-state index in [1.807, 2.05) is 27.0 Å². The Balaban J connectivity index is 1.96. The Morgan fingerprint density at radius 3 is 2.68 bits per heavy atom. The third-order valence-corrected chi connectivity index (χ3v) is 2.94. The van der Waals surface area contributed by atoms with Crippen LogP contribution in [-0.4, -0.2) is 39.5 Å². The first-order valence-corrected chi connectivity index (χ1v) is 6.21. The van der Waals surface area contributed by atoms with Crippen LogP contribution in [-0.2, 0) is 11.8 Å². The minimum absolute atomic E-state index is 0.177. The number of amides is 1. The number of aromatic nitrogens is 2. The second kappa shape index (κ2) is 4.57. The van der Waals surface area contributed by atoms with Gasteiger partial charge in [0, 0.05) is 37.8 Å². The van der Waals surface area contributed by atoms with E-state index in [2.05, 4.69) is 11.2 Å². The van der Waals surface area contributed by atoms with Gasteiger partial charge in [-0.25, -0.2) is 4.79 Å². The first-order valence-electron chi connectivity index (χ1n) is 6.21. The molecular formula is C13H18N4O2. The van der Waals surface area contributed by atoms with Crippen molar-refractivity contribution in [2.75, 3.05) is 13.1 Å². The highest BCUT2D eigenvalue weighted by atomic mass is 16.6. The number of rotatable bonds is 1. The van der Waals surface area contributed by atoms with Gasteiger partial charge in [-0.2, -0.15) is 10.4 Å². The molecule has 1 aliphatic rings. The van der Waals surface area contributed by atoms with Crippen molar-refractivity contribution < 1.29 is 9.53 Å². The zero-order valence-electron chi connectivity index (χ0n) is 11.7. The van der Waals surface area contributed by atoms with Gasteiger partial charge in [-0.3, -0.25) is 4.68 Å². The molecule has 1 aromatic rings. The number of likely N-dealkylation sites (tertiary alicyclic amines) is 1. The summed E-state index contributed by atoms with van der Waals surface area (Å²) in [7, 11) is 1.79. The highest BCUT2D eigenvalue weighted by molar-refractivity contribution is 5.69. The first kappa shape index (κ1) is 13.4. The van der Waals surface area contributed by atoms with Crippen molar-refractivity contribution in [1.29, 1.82) is 5.26 Å². The van der Waals surface area contributed by atoms with E-state index >= 15 is 0 Å². The second-order valence-electron chi connectivity index (χ2n) is 5.80. The average molecular weight is 262 g/mol. The van der Waals surface area contributed by atoms with Crippen LogP contribution in [0.15, 0.2) is 6.20 Å². The third-order valence-electron chi connectivity index (χ3n) is 2.94. The van der Waals surface area contributed by atoms with Gasteiger partial charge in [0.2, 0.25) is 0 Å². The Hall–Kier alpha value is -2.03. The van der Waals surface area contributed by atoms with E-state index in [-0.39, 0.29) is 12.0 Å². The zero-order valence-corrected chi connectivity index (χ0v) is 11.7. The molecular weight excluding hydrogens is 244 g/mol. The summed E-state index contributed by atoms with van der Waals surface area (Å²) in [5, 5.41) is 13.1. The maximum Gasteiger partial charge on any atom is 0.410 e. The second-order valence-corrected chi connectivity index (χ2v) is 5.80. The van der Waals surface area contributed by atoms with Crippen molar-refractivity contribution in [3.8, 4) is 6.07 Å². The molecule has 6 heteroatoms. The number of hydrogen-bond donors (Lipinski definition) is 0. The Morgan fingerprint density at radius 1 is 1.53 bits per heavy atom. The molecule has 1 amide bonds. The summed E-state index contributed by atoms with van der Waals surface area (Å²) in [5.41, 5.74) is 0.870. The zero-order chi connectivity index (χ0) is 14.2. The van der Waals surface area contributed by atoms with Crippen molar-refractivity contribution >= 4 is 6.09 Å². The molecule has 1 aliphatic heterocycles. The Kier molecular flexibility index (Phi) is 3.23. The normalized spacial score (nSPS) is 15.8. The van der Waals surface area contributed by atoms with E-state index in [1.54, 1.807) is 16.6 Å². The third kappa shape index (κ3) is 2.87. The molecule has 1 aromatic heterocycles. The number of nitriles is 1. The van der Waals surface area contributed by atoms with Crippen LogP contribution < -0.4 is 0 Å². The molecule has 0 aromatic carbocycles. The lowest BCUT2D eigenvalue weighted by molar-refractivity contribution is 0.00817. The van der Waals surface area contributed by atoms with Crippen LogP contribution >= 0.6 is 0 Å². The van der Waals surface area contributed by atoms with E-state index in [9.17, 15) is 4.79 Å². The summed E-state index contributed by atoms with van der Waals surface area (Å²) >= 11 is 0. The lowest BCUT2D eigenvalue weighted by Gasteiger charge is -2.39. The monoisotopic (exact) mass is 262 g/mol. The summed E-state index contributed by atoms with van der Waals surface area (Å²) in [6.45, 7) is 6.69. The lowest BCUT2D eigenvalue weighted by Crippen LogP contribution is -2.50. The van der Waals surface area contributed by atoms with Gasteiger partial charge in [0.1, 0.15) is 11.7 Å². The highest BCUT2D eigenvalue weighted by Gasteiger charge is 2.36. The van der Waals surface area contributed by atoms with Crippen molar-refractivity contribution in [3.63, 3.8) is 0 Å². The number of carbonyl (C=O) groups is 1. The molecule has 0 saturated carbocycles. The minimum atomic E-state index is -0.478. The predicted octanol–water partition coefficient (Wildman–Crippen LogP) is 1.63. The maximum atomic E-state index is 11.8. The quantitative estimate of drug-likeness (QED) is 0.771. The van der Waals surface area contributed by atoms with Crippen LogP contribution in [0.5, 0.6) is 0 Å². The van der Waals surface area contributed by atoms with Gasteiger partial charge in [0.25, 0.3) is 0 Å². The van der Waals surface area contributed by atoms with Crippen molar-refractivity contribution in [3.05, 3.63) is 17.5 Å². The molecule has 2 heterocycles. The van der Waals surface area contributed by atoms with Crippen molar-refractivity contribution in [2.24, 2.45) is 7.05 Å². The summed E-state index contributed by atoms with van der Waals surface area (Å²) in [5.74, 6) is 0.177. The van der Waals surface area contributed by atoms with E-state index in [0.717, 1.165) is 5.56 Å². The summed E-state index contributed by atoms with van der Waals surface area (Å²) < 4.78 is 6.92. The van der Waals surface area contributed by atoms with Crippen LogP contribution in [0.25, 0.3) is 0 Å². The molecule has 19 heavy (non-hydrogen) atoms. The van der Waals surface area contributed by atoms with Crippen LogP contribution in [0.2, 0.25) is 0 Å². The van der Waals surface area contributed by atoms with Crippen LogP contribution in [0.1, 0.15) is 37.9 Å². The van der Waals surface area contributed by atoms with Gasteiger partial charge in [0.15, 0.2) is 5.69 Å². The van der Waals surface area contributed by atoms with Gasteiger partial charge in [0.05, 0.1) is 0 Å². The van der Waals surface area contributed by atoms with Crippen LogP contribution in [0, 0.1) is 11.3 Å². The molecule has 1 saturated heterocycles. The van der Waals surface area contributed by atoms with E-state index < -0.39 is 5.60 Å². The topological polar surface area (TPSA) is 71.2 Å². The summed E-state index contributed by atoms with van der Waals surface area (Å²) in [6, 6.07) is 2.08. The number of ether oxygens (including phenoxy) is 1. The standard InChI is InChI=1S/C13H18N4O2/c1-13(2,3)19-12(18)17-6-9(7-17)10-8-16(4)15-11(10)5-14/h8-9H,6-7H2,1-4H3. The fraction of sp³-hybridized carbons (Fsp3) is 0.615. The van der Waals surface area contributed by atoms with E-state index in [1.165, 1.54) is 0 Å². The molecule has 0 bridgehead atoms. The summed E-state index contributed by atoms with van der Waals surface area (Å²) in [4.78, 5) is 13.4.